The average molecular weight is 444 g/mol. The van der Waals surface area contributed by atoms with Crippen molar-refractivity contribution >= 4 is 45.4 Å². The standard InChI is InChI=1S/C16H16BrClN4O4/c1-9(26-16(19)25)14(23)21-22-7-6-11(17)13(22)15(24)20-8-10-4-2-3-5-12(10)18/h2-7,9H,8H2,1H3,(H2,19,25)(H,20,24)(H,21,23). The lowest BCUT2D eigenvalue weighted by atomic mass is 10.2. The Morgan fingerprint density at radius 1 is 1.31 bits per heavy atom. The summed E-state index contributed by atoms with van der Waals surface area (Å²) in [6.45, 7) is 1.57. The molecule has 0 bridgehead atoms. The molecular formula is C16H16BrClN4O4. The third-order valence-corrected chi connectivity index (χ3v) is 4.35. The Morgan fingerprint density at radius 3 is 2.65 bits per heavy atom. The monoisotopic (exact) mass is 442 g/mol. The number of nitrogens with two attached hydrogens (primary N) is 1. The first kappa shape index (κ1) is 19.8. The zero-order valence-corrected chi connectivity index (χ0v) is 16.0. The molecule has 0 fully saturated rings. The molecule has 1 aromatic carbocycles. The van der Waals surface area contributed by atoms with Crippen LogP contribution in [0, 0.1) is 0 Å². The molecule has 0 aliphatic rings. The lowest BCUT2D eigenvalue weighted by Crippen LogP contribution is -2.37. The normalized spacial score (nSPS) is 11.5. The maximum Gasteiger partial charge on any atom is 0.405 e. The second-order valence-corrected chi connectivity index (χ2v) is 6.47. The number of primary amides is 1. The van der Waals surface area contributed by atoms with Gasteiger partial charge in [0.15, 0.2) is 6.10 Å². The fourth-order valence-corrected chi connectivity index (χ4v) is 2.75. The van der Waals surface area contributed by atoms with Crippen molar-refractivity contribution in [3.8, 4) is 0 Å². The predicted octanol–water partition coefficient (Wildman–Crippen LogP) is 2.39. The molecule has 3 amide bonds. The molecule has 0 saturated carbocycles. The van der Waals surface area contributed by atoms with Crippen molar-refractivity contribution in [2.24, 2.45) is 5.73 Å². The summed E-state index contributed by atoms with van der Waals surface area (Å²) in [5.74, 6) is -1.09. The SMILES string of the molecule is CC(OC(N)=O)C(=O)Nn1ccc(Br)c1C(=O)NCc1ccccc1Cl. The summed E-state index contributed by atoms with van der Waals surface area (Å²) >= 11 is 9.33. The van der Waals surface area contributed by atoms with Gasteiger partial charge in [-0.25, -0.2) is 4.79 Å². The smallest absolute Gasteiger partial charge is 0.405 e. The molecule has 1 atom stereocenters. The number of aromatic nitrogens is 1. The summed E-state index contributed by atoms with van der Waals surface area (Å²) < 4.78 is 6.28. The summed E-state index contributed by atoms with van der Waals surface area (Å²) in [4.78, 5) is 35.3. The Labute approximate surface area is 162 Å². The first-order valence-electron chi connectivity index (χ1n) is 7.45. The molecule has 0 saturated heterocycles. The number of amides is 3. The Morgan fingerprint density at radius 2 is 2.00 bits per heavy atom. The van der Waals surface area contributed by atoms with Gasteiger partial charge < -0.3 is 15.8 Å². The number of nitrogens with one attached hydrogen (secondary N) is 2. The number of carbonyl (C=O) groups is 3. The van der Waals surface area contributed by atoms with E-state index in [1.54, 1.807) is 24.3 Å². The summed E-state index contributed by atoms with van der Waals surface area (Å²) in [6.07, 6.45) is -0.713. The molecule has 2 aromatic rings. The summed E-state index contributed by atoms with van der Waals surface area (Å²) in [5, 5.41) is 3.26. The number of rotatable bonds is 6. The van der Waals surface area contributed by atoms with Crippen LogP contribution in [0.15, 0.2) is 41.0 Å². The molecule has 4 N–H and O–H groups in total. The highest BCUT2D eigenvalue weighted by molar-refractivity contribution is 9.10. The number of carbonyl (C=O) groups excluding carboxylic acids is 3. The zero-order valence-electron chi connectivity index (χ0n) is 13.7. The van der Waals surface area contributed by atoms with Gasteiger partial charge >= 0.3 is 6.09 Å². The fourth-order valence-electron chi connectivity index (χ4n) is 2.06. The van der Waals surface area contributed by atoms with Gasteiger partial charge in [0.05, 0.1) is 4.47 Å². The molecule has 26 heavy (non-hydrogen) atoms. The summed E-state index contributed by atoms with van der Waals surface area (Å²) in [7, 11) is 0. The van der Waals surface area contributed by atoms with Crippen LogP contribution in [0.4, 0.5) is 4.79 Å². The first-order chi connectivity index (χ1) is 12.3. The molecule has 0 aliphatic carbocycles. The molecule has 1 aromatic heterocycles. The van der Waals surface area contributed by atoms with E-state index in [9.17, 15) is 14.4 Å². The van der Waals surface area contributed by atoms with Gasteiger partial charge in [-0.05, 0) is 40.5 Å². The Kier molecular flexibility index (Phi) is 6.64. The molecule has 2 rings (SSSR count). The van der Waals surface area contributed by atoms with Crippen molar-refractivity contribution in [1.29, 1.82) is 0 Å². The van der Waals surface area contributed by atoms with Gasteiger partial charge in [-0.3, -0.25) is 19.7 Å². The predicted molar refractivity (Wildman–Crippen MR) is 99.3 cm³/mol. The highest BCUT2D eigenvalue weighted by atomic mass is 79.9. The molecule has 10 heteroatoms. The third-order valence-electron chi connectivity index (χ3n) is 3.34. The van der Waals surface area contributed by atoms with Crippen LogP contribution in [0.1, 0.15) is 23.0 Å². The minimum absolute atomic E-state index is 0.164. The number of hydrogen-bond donors (Lipinski definition) is 3. The Hall–Kier alpha value is -2.52. The van der Waals surface area contributed by atoms with E-state index in [0.717, 1.165) is 5.56 Å². The van der Waals surface area contributed by atoms with Gasteiger partial charge in [0.25, 0.3) is 11.8 Å². The number of halogens is 2. The summed E-state index contributed by atoms with van der Waals surface area (Å²) in [5.41, 5.74) is 8.26. The van der Waals surface area contributed by atoms with Crippen molar-refractivity contribution in [2.45, 2.75) is 19.6 Å². The third kappa shape index (κ3) is 4.99. The molecule has 138 valence electrons. The highest BCUT2D eigenvalue weighted by Crippen LogP contribution is 2.18. The van der Waals surface area contributed by atoms with E-state index < -0.39 is 24.0 Å². The van der Waals surface area contributed by atoms with E-state index in [1.165, 1.54) is 17.8 Å². The molecule has 0 spiro atoms. The number of nitrogens with zero attached hydrogens (tertiary/aromatic N) is 1. The van der Waals surface area contributed by atoms with Crippen molar-refractivity contribution in [2.75, 3.05) is 5.43 Å². The summed E-state index contributed by atoms with van der Waals surface area (Å²) in [6, 6.07) is 8.71. The van der Waals surface area contributed by atoms with Gasteiger partial charge in [-0.15, -0.1) is 0 Å². The second kappa shape index (κ2) is 8.72. The van der Waals surface area contributed by atoms with Gasteiger partial charge in [0, 0.05) is 17.8 Å². The zero-order chi connectivity index (χ0) is 19.3. The minimum atomic E-state index is -1.12. The lowest BCUT2D eigenvalue weighted by Gasteiger charge is -2.15. The van der Waals surface area contributed by atoms with Gasteiger partial charge in [-0.1, -0.05) is 29.8 Å². The quantitative estimate of drug-likeness (QED) is 0.635. The van der Waals surface area contributed by atoms with E-state index in [2.05, 4.69) is 31.4 Å². The van der Waals surface area contributed by atoms with Crippen LogP contribution in [0.2, 0.25) is 5.02 Å². The van der Waals surface area contributed by atoms with Crippen molar-refractivity contribution < 1.29 is 19.1 Å². The Bertz CT molecular complexity index is 839. The lowest BCUT2D eigenvalue weighted by molar-refractivity contribution is -0.124. The van der Waals surface area contributed by atoms with Crippen LogP contribution in [0.3, 0.4) is 0 Å². The number of hydrogen-bond acceptors (Lipinski definition) is 4. The Balaban J connectivity index is 2.08. The number of ether oxygens (including phenoxy) is 1. The molecule has 1 unspecified atom stereocenters. The van der Waals surface area contributed by atoms with Crippen molar-refractivity contribution in [1.82, 2.24) is 9.99 Å². The number of benzene rings is 1. The van der Waals surface area contributed by atoms with E-state index in [0.29, 0.717) is 9.50 Å². The van der Waals surface area contributed by atoms with E-state index in [4.69, 9.17) is 17.3 Å². The van der Waals surface area contributed by atoms with Crippen molar-refractivity contribution in [3.05, 3.63) is 57.3 Å². The molecule has 1 heterocycles. The highest BCUT2D eigenvalue weighted by Gasteiger charge is 2.21. The molecule has 0 aliphatic heterocycles. The maximum absolute atomic E-state index is 12.5. The van der Waals surface area contributed by atoms with Crippen LogP contribution in [-0.4, -0.2) is 28.7 Å². The largest absolute Gasteiger partial charge is 0.437 e. The molecule has 8 nitrogen and oxygen atoms in total. The minimum Gasteiger partial charge on any atom is -0.437 e. The molecule has 0 radical (unpaired) electrons. The first-order valence-corrected chi connectivity index (χ1v) is 8.62. The van der Waals surface area contributed by atoms with Gasteiger partial charge in [0.1, 0.15) is 5.69 Å². The van der Waals surface area contributed by atoms with Crippen molar-refractivity contribution in [3.63, 3.8) is 0 Å². The van der Waals surface area contributed by atoms with E-state index in [-0.39, 0.29) is 12.2 Å². The molecular weight excluding hydrogens is 428 g/mol. The second-order valence-electron chi connectivity index (χ2n) is 5.21. The van der Waals surface area contributed by atoms with Crippen LogP contribution in [-0.2, 0) is 16.1 Å². The van der Waals surface area contributed by atoms with E-state index >= 15 is 0 Å². The average Bonchev–Trinajstić information content (AvgIpc) is 2.93. The van der Waals surface area contributed by atoms with E-state index in [1.807, 2.05) is 6.07 Å². The fraction of sp³-hybridized carbons (Fsp3) is 0.188. The maximum atomic E-state index is 12.5. The van der Waals surface area contributed by atoms with Gasteiger partial charge in [-0.2, -0.15) is 0 Å². The van der Waals surface area contributed by atoms with Crippen LogP contribution >= 0.6 is 27.5 Å². The van der Waals surface area contributed by atoms with Crippen LogP contribution in [0.5, 0.6) is 0 Å². The van der Waals surface area contributed by atoms with Crippen LogP contribution in [0.25, 0.3) is 0 Å². The van der Waals surface area contributed by atoms with Crippen LogP contribution < -0.4 is 16.5 Å². The van der Waals surface area contributed by atoms with Gasteiger partial charge in [0.2, 0.25) is 0 Å². The topological polar surface area (TPSA) is 115 Å².